The van der Waals surface area contributed by atoms with E-state index in [2.05, 4.69) is 18.6 Å². The Bertz CT molecular complexity index is 586. The van der Waals surface area contributed by atoms with Gasteiger partial charge in [0.15, 0.2) is 0 Å². The van der Waals surface area contributed by atoms with E-state index in [1.807, 2.05) is 0 Å². The largest absolute Gasteiger partial charge is 0.506 e. The smallest absolute Gasteiger partial charge is 0.240 e. The summed E-state index contributed by atoms with van der Waals surface area (Å²) < 4.78 is 27.3. The van der Waals surface area contributed by atoms with Crippen molar-refractivity contribution in [3.8, 4) is 5.75 Å². The highest BCUT2D eigenvalue weighted by atomic mass is 32.2. The van der Waals surface area contributed by atoms with Crippen LogP contribution in [0.25, 0.3) is 0 Å². The Labute approximate surface area is 120 Å². The molecule has 0 aromatic heterocycles. The highest BCUT2D eigenvalue weighted by Crippen LogP contribution is 2.35. The van der Waals surface area contributed by atoms with Gasteiger partial charge in [0.1, 0.15) is 5.75 Å². The van der Waals surface area contributed by atoms with Crippen LogP contribution in [0, 0.1) is 5.41 Å². The molecule has 0 amide bonds. The fraction of sp³-hybridized carbons (Fsp3) is 0.571. The number of hydrogen-bond donors (Lipinski definition) is 3. The predicted molar refractivity (Wildman–Crippen MR) is 78.9 cm³/mol. The van der Waals surface area contributed by atoms with E-state index >= 15 is 0 Å². The van der Waals surface area contributed by atoms with Crippen molar-refractivity contribution in [1.29, 1.82) is 0 Å². The summed E-state index contributed by atoms with van der Waals surface area (Å²) in [6.45, 7) is 4.41. The third-order valence-electron chi connectivity index (χ3n) is 3.97. The molecule has 20 heavy (non-hydrogen) atoms. The standard InChI is InChI=1S/C14H22N2O3S/c1-14(2)7-5-10(6-8-14)16-20(18,19)11-3-4-13(17)12(15)9-11/h3-4,9-10,16-17H,5-8,15H2,1-2H3. The first-order valence-corrected chi connectivity index (χ1v) is 8.29. The number of phenols is 1. The van der Waals surface area contributed by atoms with Gasteiger partial charge in [-0.25, -0.2) is 13.1 Å². The summed E-state index contributed by atoms with van der Waals surface area (Å²) in [7, 11) is -3.58. The molecule has 0 heterocycles. The maximum Gasteiger partial charge on any atom is 0.240 e. The fourth-order valence-electron chi connectivity index (χ4n) is 2.50. The first-order valence-electron chi connectivity index (χ1n) is 6.80. The number of nitrogens with two attached hydrogens (primary N) is 1. The molecular weight excluding hydrogens is 276 g/mol. The number of rotatable bonds is 3. The van der Waals surface area contributed by atoms with Crippen molar-refractivity contribution in [2.45, 2.75) is 50.5 Å². The van der Waals surface area contributed by atoms with Crippen LogP contribution in [-0.2, 0) is 10.0 Å². The average molecular weight is 298 g/mol. The minimum absolute atomic E-state index is 0.0250. The Hall–Kier alpha value is -1.27. The van der Waals surface area contributed by atoms with Gasteiger partial charge in [0, 0.05) is 6.04 Å². The molecule has 0 spiro atoms. The van der Waals surface area contributed by atoms with E-state index in [0.717, 1.165) is 25.7 Å². The van der Waals surface area contributed by atoms with Gasteiger partial charge in [0.25, 0.3) is 0 Å². The van der Waals surface area contributed by atoms with Gasteiger partial charge in [-0.05, 0) is 49.3 Å². The lowest BCUT2D eigenvalue weighted by Crippen LogP contribution is -2.39. The van der Waals surface area contributed by atoms with E-state index in [9.17, 15) is 13.5 Å². The molecule has 6 heteroatoms. The van der Waals surface area contributed by atoms with Crippen molar-refractivity contribution in [3.05, 3.63) is 18.2 Å². The molecule has 0 radical (unpaired) electrons. The van der Waals surface area contributed by atoms with Crippen LogP contribution in [0.5, 0.6) is 5.75 Å². The van der Waals surface area contributed by atoms with E-state index < -0.39 is 10.0 Å². The molecule has 1 fully saturated rings. The summed E-state index contributed by atoms with van der Waals surface area (Å²) in [5, 5.41) is 9.35. The van der Waals surface area contributed by atoms with E-state index in [1.54, 1.807) is 0 Å². The highest BCUT2D eigenvalue weighted by molar-refractivity contribution is 7.89. The number of nitrogen functional groups attached to an aromatic ring is 1. The minimum Gasteiger partial charge on any atom is -0.506 e. The molecule has 1 aromatic rings. The molecule has 0 saturated heterocycles. The second-order valence-electron chi connectivity index (χ2n) is 6.28. The SMILES string of the molecule is CC1(C)CCC(NS(=O)(=O)c2ccc(O)c(N)c2)CC1. The van der Waals surface area contributed by atoms with Gasteiger partial charge < -0.3 is 10.8 Å². The summed E-state index contributed by atoms with van der Waals surface area (Å²) in [6.07, 6.45) is 3.72. The molecule has 0 bridgehead atoms. The number of nitrogens with one attached hydrogen (secondary N) is 1. The zero-order valence-electron chi connectivity index (χ0n) is 11.9. The predicted octanol–water partition coefficient (Wildman–Crippen LogP) is 2.22. The number of sulfonamides is 1. The van der Waals surface area contributed by atoms with Crippen molar-refractivity contribution >= 4 is 15.7 Å². The van der Waals surface area contributed by atoms with E-state index in [4.69, 9.17) is 5.73 Å². The molecular formula is C14H22N2O3S. The van der Waals surface area contributed by atoms with Crippen LogP contribution in [0.4, 0.5) is 5.69 Å². The molecule has 4 N–H and O–H groups in total. The van der Waals surface area contributed by atoms with E-state index in [1.165, 1.54) is 18.2 Å². The van der Waals surface area contributed by atoms with Crippen LogP contribution in [0.2, 0.25) is 0 Å². The topological polar surface area (TPSA) is 92.4 Å². The quantitative estimate of drug-likeness (QED) is 0.589. The highest BCUT2D eigenvalue weighted by Gasteiger charge is 2.29. The maximum absolute atomic E-state index is 12.3. The monoisotopic (exact) mass is 298 g/mol. The molecule has 112 valence electrons. The summed E-state index contributed by atoms with van der Waals surface area (Å²) in [5.74, 6) is -0.108. The number of anilines is 1. The summed E-state index contributed by atoms with van der Waals surface area (Å²) in [6, 6.07) is 3.92. The van der Waals surface area contributed by atoms with Gasteiger partial charge in [0.05, 0.1) is 10.6 Å². The first-order chi connectivity index (χ1) is 9.20. The summed E-state index contributed by atoms with van der Waals surface area (Å²) in [4.78, 5) is 0.0950. The zero-order valence-corrected chi connectivity index (χ0v) is 12.7. The van der Waals surface area contributed by atoms with Crippen molar-refractivity contribution in [1.82, 2.24) is 4.72 Å². The molecule has 1 aliphatic rings. The molecule has 0 atom stereocenters. The average Bonchev–Trinajstić information content (AvgIpc) is 2.35. The molecule has 1 saturated carbocycles. The Balaban J connectivity index is 2.10. The minimum atomic E-state index is -3.58. The first kappa shape index (κ1) is 15.1. The van der Waals surface area contributed by atoms with Crippen molar-refractivity contribution in [2.75, 3.05) is 5.73 Å². The second kappa shape index (κ2) is 5.26. The molecule has 0 unspecified atom stereocenters. The number of phenolic OH excluding ortho intramolecular Hbond substituents is 1. The van der Waals surface area contributed by atoms with Crippen molar-refractivity contribution < 1.29 is 13.5 Å². The van der Waals surface area contributed by atoms with Gasteiger partial charge in [-0.1, -0.05) is 13.8 Å². The molecule has 2 rings (SSSR count). The van der Waals surface area contributed by atoms with Gasteiger partial charge in [-0.15, -0.1) is 0 Å². The Morgan fingerprint density at radius 3 is 2.45 bits per heavy atom. The fourth-order valence-corrected chi connectivity index (χ4v) is 3.84. The van der Waals surface area contributed by atoms with Crippen LogP contribution >= 0.6 is 0 Å². The Morgan fingerprint density at radius 2 is 1.90 bits per heavy atom. The molecule has 1 aromatic carbocycles. The number of aromatic hydroxyl groups is 1. The molecule has 1 aliphatic carbocycles. The van der Waals surface area contributed by atoms with Gasteiger partial charge in [-0.2, -0.15) is 0 Å². The van der Waals surface area contributed by atoms with Crippen LogP contribution in [0.3, 0.4) is 0 Å². The van der Waals surface area contributed by atoms with E-state index in [0.29, 0.717) is 5.41 Å². The van der Waals surface area contributed by atoms with Gasteiger partial charge in [0.2, 0.25) is 10.0 Å². The normalized spacial score (nSPS) is 19.9. The Kier molecular flexibility index (Phi) is 3.97. The lowest BCUT2D eigenvalue weighted by molar-refractivity contribution is 0.218. The van der Waals surface area contributed by atoms with Crippen LogP contribution in [0.1, 0.15) is 39.5 Å². The van der Waals surface area contributed by atoms with Crippen LogP contribution in [0.15, 0.2) is 23.1 Å². The maximum atomic E-state index is 12.3. The Morgan fingerprint density at radius 1 is 1.30 bits per heavy atom. The molecule has 5 nitrogen and oxygen atoms in total. The van der Waals surface area contributed by atoms with Crippen molar-refractivity contribution in [3.63, 3.8) is 0 Å². The number of benzene rings is 1. The lowest BCUT2D eigenvalue weighted by Gasteiger charge is -2.34. The number of hydrogen-bond acceptors (Lipinski definition) is 4. The third-order valence-corrected chi connectivity index (χ3v) is 5.49. The van der Waals surface area contributed by atoms with Gasteiger partial charge >= 0.3 is 0 Å². The summed E-state index contributed by atoms with van der Waals surface area (Å²) in [5.41, 5.74) is 5.91. The van der Waals surface area contributed by atoms with Crippen molar-refractivity contribution in [2.24, 2.45) is 5.41 Å². The van der Waals surface area contributed by atoms with Gasteiger partial charge in [-0.3, -0.25) is 0 Å². The zero-order chi connectivity index (χ0) is 15.0. The molecule has 0 aliphatic heterocycles. The second-order valence-corrected chi connectivity index (χ2v) is 7.99. The van der Waals surface area contributed by atoms with Crippen LogP contribution in [-0.4, -0.2) is 19.6 Å². The summed E-state index contributed by atoms with van der Waals surface area (Å²) >= 11 is 0. The third kappa shape index (κ3) is 3.43. The lowest BCUT2D eigenvalue weighted by atomic mass is 9.76. The van der Waals surface area contributed by atoms with Crippen LogP contribution < -0.4 is 10.5 Å². The van der Waals surface area contributed by atoms with E-state index in [-0.39, 0.29) is 22.4 Å².